The summed E-state index contributed by atoms with van der Waals surface area (Å²) < 4.78 is 15.9. The molecule has 0 spiro atoms. The number of ether oxygens (including phenoxy) is 3. The van der Waals surface area contributed by atoms with E-state index < -0.39 is 0 Å². The molecule has 2 rings (SSSR count). The Hall–Kier alpha value is -3.06. The van der Waals surface area contributed by atoms with Crippen molar-refractivity contribution in [2.24, 2.45) is 0 Å². The number of rotatable bonds is 9. The Kier molecular flexibility index (Phi) is 7.63. The number of amides is 2. The van der Waals surface area contributed by atoms with Crippen LogP contribution in [-0.2, 0) is 9.53 Å². The van der Waals surface area contributed by atoms with Crippen molar-refractivity contribution >= 4 is 17.5 Å². The van der Waals surface area contributed by atoms with E-state index in [9.17, 15) is 9.59 Å². The number of likely N-dealkylation sites (N-methyl/N-ethyl adjacent to an activating group) is 1. The highest BCUT2D eigenvalue weighted by Crippen LogP contribution is 2.19. The molecule has 0 fully saturated rings. The Bertz CT molecular complexity index is 776. The summed E-state index contributed by atoms with van der Waals surface area (Å²) >= 11 is 0. The van der Waals surface area contributed by atoms with E-state index in [1.54, 1.807) is 63.7 Å². The van der Waals surface area contributed by atoms with E-state index in [1.165, 1.54) is 4.90 Å². The Morgan fingerprint density at radius 2 is 1.67 bits per heavy atom. The fraction of sp³-hybridized carbons (Fsp3) is 0.300. The van der Waals surface area contributed by atoms with Gasteiger partial charge in [-0.2, -0.15) is 0 Å². The third-order valence-electron chi connectivity index (χ3n) is 3.61. The number of nitrogens with zero attached hydrogens (tertiary/aromatic N) is 1. The van der Waals surface area contributed by atoms with Crippen LogP contribution in [0, 0.1) is 0 Å². The fourth-order valence-electron chi connectivity index (χ4n) is 2.11. The Labute approximate surface area is 158 Å². The van der Waals surface area contributed by atoms with E-state index >= 15 is 0 Å². The van der Waals surface area contributed by atoms with E-state index in [4.69, 9.17) is 14.2 Å². The van der Waals surface area contributed by atoms with Crippen LogP contribution in [0.3, 0.4) is 0 Å². The SMILES string of the molecule is COCCOc1cccc(NC(=O)c2cccc(OCC(=O)N(C)C)c2)c1. The maximum Gasteiger partial charge on any atom is 0.259 e. The molecule has 144 valence electrons. The minimum Gasteiger partial charge on any atom is -0.491 e. The lowest BCUT2D eigenvalue weighted by Crippen LogP contribution is -2.27. The van der Waals surface area contributed by atoms with Crippen LogP contribution in [0.25, 0.3) is 0 Å². The van der Waals surface area contributed by atoms with Gasteiger partial charge in [-0.15, -0.1) is 0 Å². The van der Waals surface area contributed by atoms with Gasteiger partial charge in [-0.25, -0.2) is 0 Å². The van der Waals surface area contributed by atoms with Crippen LogP contribution in [0.4, 0.5) is 5.69 Å². The summed E-state index contributed by atoms with van der Waals surface area (Å²) in [5.74, 6) is 0.655. The molecule has 2 aromatic rings. The van der Waals surface area contributed by atoms with Crippen molar-refractivity contribution in [3.63, 3.8) is 0 Å². The summed E-state index contributed by atoms with van der Waals surface area (Å²) in [6.07, 6.45) is 0. The summed E-state index contributed by atoms with van der Waals surface area (Å²) in [7, 11) is 4.92. The van der Waals surface area contributed by atoms with Gasteiger partial charge in [-0.05, 0) is 30.3 Å². The number of benzene rings is 2. The molecule has 2 aromatic carbocycles. The highest BCUT2D eigenvalue weighted by molar-refractivity contribution is 6.04. The number of anilines is 1. The first-order chi connectivity index (χ1) is 13.0. The van der Waals surface area contributed by atoms with Gasteiger partial charge in [0.1, 0.15) is 18.1 Å². The molecule has 0 bridgehead atoms. The second-order valence-electron chi connectivity index (χ2n) is 5.93. The van der Waals surface area contributed by atoms with Crippen LogP contribution in [-0.4, -0.2) is 57.7 Å². The van der Waals surface area contributed by atoms with Crippen LogP contribution >= 0.6 is 0 Å². The summed E-state index contributed by atoms with van der Waals surface area (Å²) in [5, 5.41) is 2.82. The number of hydrogen-bond donors (Lipinski definition) is 1. The van der Waals surface area contributed by atoms with Crippen LogP contribution in [0.5, 0.6) is 11.5 Å². The average Bonchev–Trinajstić information content (AvgIpc) is 2.66. The minimum atomic E-state index is -0.284. The number of carbonyl (C=O) groups excluding carboxylic acids is 2. The van der Waals surface area contributed by atoms with Crippen molar-refractivity contribution in [2.75, 3.05) is 46.3 Å². The molecule has 0 aliphatic heterocycles. The van der Waals surface area contributed by atoms with Crippen LogP contribution in [0.2, 0.25) is 0 Å². The van der Waals surface area contributed by atoms with Crippen molar-refractivity contribution in [1.29, 1.82) is 0 Å². The number of hydrogen-bond acceptors (Lipinski definition) is 5. The van der Waals surface area contributed by atoms with Crippen molar-refractivity contribution in [3.05, 3.63) is 54.1 Å². The highest BCUT2D eigenvalue weighted by atomic mass is 16.5. The summed E-state index contributed by atoms with van der Waals surface area (Å²) in [6.45, 7) is 0.831. The summed E-state index contributed by atoms with van der Waals surface area (Å²) in [5.41, 5.74) is 1.04. The molecule has 1 N–H and O–H groups in total. The topological polar surface area (TPSA) is 77.1 Å². The van der Waals surface area contributed by atoms with Gasteiger partial charge in [0.2, 0.25) is 0 Å². The molecule has 2 amide bonds. The van der Waals surface area contributed by atoms with E-state index in [2.05, 4.69) is 5.32 Å². The molecule has 0 saturated carbocycles. The zero-order chi connectivity index (χ0) is 19.6. The fourth-order valence-corrected chi connectivity index (χ4v) is 2.11. The quantitative estimate of drug-likeness (QED) is 0.684. The van der Waals surface area contributed by atoms with E-state index in [1.807, 2.05) is 6.07 Å². The summed E-state index contributed by atoms with van der Waals surface area (Å²) in [4.78, 5) is 25.5. The van der Waals surface area contributed by atoms with Crippen molar-refractivity contribution in [1.82, 2.24) is 4.90 Å². The Morgan fingerprint density at radius 3 is 2.37 bits per heavy atom. The molecule has 0 aromatic heterocycles. The van der Waals surface area contributed by atoms with Crippen LogP contribution in [0.1, 0.15) is 10.4 Å². The highest BCUT2D eigenvalue weighted by Gasteiger charge is 2.10. The van der Waals surface area contributed by atoms with Crippen LogP contribution in [0.15, 0.2) is 48.5 Å². The van der Waals surface area contributed by atoms with Gasteiger partial charge in [0.05, 0.1) is 6.61 Å². The molecule has 7 nitrogen and oxygen atoms in total. The molecular formula is C20H24N2O5. The molecule has 0 radical (unpaired) electrons. The first kappa shape index (κ1) is 20.3. The molecule has 0 heterocycles. The summed E-state index contributed by atoms with van der Waals surface area (Å²) in [6, 6.07) is 13.8. The number of methoxy groups -OCH3 is 1. The molecule has 27 heavy (non-hydrogen) atoms. The minimum absolute atomic E-state index is 0.0844. The monoisotopic (exact) mass is 372 g/mol. The normalized spacial score (nSPS) is 10.2. The Balaban J connectivity index is 1.98. The molecular weight excluding hydrogens is 348 g/mol. The molecule has 7 heteroatoms. The van der Waals surface area contributed by atoms with Gasteiger partial charge in [-0.1, -0.05) is 12.1 Å². The smallest absolute Gasteiger partial charge is 0.259 e. The third kappa shape index (κ3) is 6.63. The van der Waals surface area contributed by atoms with E-state index in [0.717, 1.165) is 0 Å². The lowest BCUT2D eigenvalue weighted by Gasteiger charge is -2.12. The second kappa shape index (κ2) is 10.2. The zero-order valence-electron chi connectivity index (χ0n) is 15.7. The first-order valence-electron chi connectivity index (χ1n) is 8.46. The van der Waals surface area contributed by atoms with Crippen LogP contribution < -0.4 is 14.8 Å². The molecule has 0 aliphatic carbocycles. The van der Waals surface area contributed by atoms with Gasteiger partial charge >= 0.3 is 0 Å². The lowest BCUT2D eigenvalue weighted by atomic mass is 10.2. The maximum absolute atomic E-state index is 12.5. The second-order valence-corrected chi connectivity index (χ2v) is 5.93. The van der Waals surface area contributed by atoms with Gasteiger partial charge < -0.3 is 24.4 Å². The predicted molar refractivity (Wildman–Crippen MR) is 102 cm³/mol. The largest absolute Gasteiger partial charge is 0.491 e. The molecule has 0 unspecified atom stereocenters. The van der Waals surface area contributed by atoms with Crippen molar-refractivity contribution in [2.45, 2.75) is 0 Å². The predicted octanol–water partition coefficient (Wildman–Crippen LogP) is 2.43. The standard InChI is InChI=1S/C20H24N2O5/c1-22(2)19(23)14-27-17-8-4-6-15(12-17)20(24)21-16-7-5-9-18(13-16)26-11-10-25-3/h4-9,12-13H,10-11,14H2,1-3H3,(H,21,24). The van der Waals surface area contributed by atoms with Gasteiger partial charge in [-0.3, -0.25) is 9.59 Å². The van der Waals surface area contributed by atoms with E-state index in [0.29, 0.717) is 36.0 Å². The van der Waals surface area contributed by atoms with Crippen molar-refractivity contribution in [3.8, 4) is 11.5 Å². The van der Waals surface area contributed by atoms with Gasteiger partial charge in [0, 0.05) is 38.5 Å². The maximum atomic E-state index is 12.5. The van der Waals surface area contributed by atoms with Gasteiger partial charge in [0.15, 0.2) is 6.61 Å². The van der Waals surface area contributed by atoms with E-state index in [-0.39, 0.29) is 18.4 Å². The molecule has 0 aliphatic rings. The molecule has 0 saturated heterocycles. The van der Waals surface area contributed by atoms with Gasteiger partial charge in [0.25, 0.3) is 11.8 Å². The number of nitrogens with one attached hydrogen (secondary N) is 1. The first-order valence-corrected chi connectivity index (χ1v) is 8.46. The average molecular weight is 372 g/mol. The number of carbonyl (C=O) groups is 2. The lowest BCUT2D eigenvalue weighted by molar-refractivity contribution is -0.130. The molecule has 0 atom stereocenters. The van der Waals surface area contributed by atoms with Crippen molar-refractivity contribution < 1.29 is 23.8 Å². The Morgan fingerprint density at radius 1 is 0.963 bits per heavy atom. The third-order valence-corrected chi connectivity index (χ3v) is 3.61. The zero-order valence-corrected chi connectivity index (χ0v) is 15.7.